The Balaban J connectivity index is 3.08. The van der Waals surface area contributed by atoms with Crippen LogP contribution >= 0.6 is 15.9 Å². The van der Waals surface area contributed by atoms with Crippen molar-refractivity contribution in [3.05, 3.63) is 29.3 Å². The Kier molecular flexibility index (Phi) is 5.05. The highest BCUT2D eigenvalue weighted by Gasteiger charge is 2.16. The lowest BCUT2D eigenvalue weighted by Crippen LogP contribution is -2.06. The van der Waals surface area contributed by atoms with Crippen LogP contribution in [0.2, 0.25) is 0 Å². The molecule has 0 N–H and O–H groups in total. The number of ketones is 1. The van der Waals surface area contributed by atoms with Crippen molar-refractivity contribution in [1.82, 2.24) is 0 Å². The first-order valence-corrected chi connectivity index (χ1v) is 6.09. The van der Waals surface area contributed by atoms with Crippen LogP contribution in [0.4, 0.5) is 8.78 Å². The molecule has 0 aromatic heterocycles. The van der Waals surface area contributed by atoms with Crippen LogP contribution in [0, 0.1) is 0 Å². The smallest absolute Gasteiger partial charge is 0.387 e. The van der Waals surface area contributed by atoms with E-state index in [4.69, 9.17) is 0 Å². The van der Waals surface area contributed by atoms with Crippen LogP contribution in [0.1, 0.15) is 29.8 Å². The number of carbonyl (C=O) groups excluding carboxylic acids is 1. The van der Waals surface area contributed by atoms with Crippen LogP contribution < -0.4 is 4.74 Å². The molecule has 0 fully saturated rings. The molecule has 1 aromatic carbocycles. The third kappa shape index (κ3) is 3.77. The van der Waals surface area contributed by atoms with Gasteiger partial charge >= 0.3 is 6.61 Å². The number of halogens is 3. The van der Waals surface area contributed by atoms with Gasteiger partial charge in [-0.2, -0.15) is 8.78 Å². The van der Waals surface area contributed by atoms with E-state index in [0.29, 0.717) is 17.5 Å². The summed E-state index contributed by atoms with van der Waals surface area (Å²) in [4.78, 5) is 10.7. The van der Waals surface area contributed by atoms with Gasteiger partial charge in [-0.25, -0.2) is 0 Å². The molecule has 0 heterocycles. The minimum atomic E-state index is -2.86. The largest absolute Gasteiger partial charge is 0.435 e. The van der Waals surface area contributed by atoms with Crippen molar-refractivity contribution in [2.45, 2.75) is 31.7 Å². The first-order valence-electron chi connectivity index (χ1n) is 5.17. The van der Waals surface area contributed by atoms with Crippen molar-refractivity contribution in [2.24, 2.45) is 0 Å². The van der Waals surface area contributed by atoms with Gasteiger partial charge in [-0.05, 0) is 30.5 Å². The number of aryl methyl sites for hydroxylation is 1. The van der Waals surface area contributed by atoms with Crippen LogP contribution in [0.25, 0.3) is 0 Å². The fraction of sp³-hybridized carbons (Fsp3) is 0.417. The van der Waals surface area contributed by atoms with E-state index < -0.39 is 11.4 Å². The molecule has 1 unspecified atom stereocenters. The van der Waals surface area contributed by atoms with Crippen molar-refractivity contribution in [1.29, 1.82) is 0 Å². The molecular formula is C12H13BrF2O2. The average molecular weight is 307 g/mol. The number of Topliss-reactive ketones (excluding diaryl/α,β-unsaturated/α-hetero) is 1. The van der Waals surface area contributed by atoms with Crippen molar-refractivity contribution >= 4 is 21.7 Å². The second-order valence-electron chi connectivity index (χ2n) is 3.57. The fourth-order valence-corrected chi connectivity index (χ4v) is 1.75. The monoisotopic (exact) mass is 306 g/mol. The molecule has 0 radical (unpaired) electrons. The lowest BCUT2D eigenvalue weighted by molar-refractivity contribution is -0.116. The maximum Gasteiger partial charge on any atom is 0.387 e. The molecule has 1 rings (SSSR count). The van der Waals surface area contributed by atoms with E-state index in [1.54, 1.807) is 12.1 Å². The topological polar surface area (TPSA) is 26.3 Å². The molecule has 1 aromatic rings. The highest BCUT2D eigenvalue weighted by molar-refractivity contribution is 9.09. The molecular weight excluding hydrogens is 294 g/mol. The molecule has 0 saturated carbocycles. The SMILES string of the molecule is CCc1ccc(C(Br)C(C)=O)cc1OC(F)F. The van der Waals surface area contributed by atoms with E-state index in [0.717, 1.165) is 0 Å². The van der Waals surface area contributed by atoms with Gasteiger partial charge in [-0.3, -0.25) is 4.79 Å². The van der Waals surface area contributed by atoms with E-state index in [1.165, 1.54) is 13.0 Å². The van der Waals surface area contributed by atoms with Crippen LogP contribution in [0.15, 0.2) is 18.2 Å². The second kappa shape index (κ2) is 6.10. The van der Waals surface area contributed by atoms with Gasteiger partial charge in [0.15, 0.2) is 0 Å². The molecule has 0 aliphatic rings. The normalized spacial score (nSPS) is 12.6. The minimum Gasteiger partial charge on any atom is -0.435 e. The Morgan fingerprint density at radius 2 is 2.12 bits per heavy atom. The number of rotatable bonds is 5. The van der Waals surface area contributed by atoms with Crippen LogP contribution in [-0.2, 0) is 11.2 Å². The maximum absolute atomic E-state index is 12.2. The highest BCUT2D eigenvalue weighted by atomic mass is 79.9. The molecule has 0 saturated heterocycles. The van der Waals surface area contributed by atoms with E-state index in [9.17, 15) is 13.6 Å². The third-order valence-corrected chi connectivity index (χ3v) is 3.51. The number of carbonyl (C=O) groups is 1. The third-order valence-electron chi connectivity index (χ3n) is 2.34. The van der Waals surface area contributed by atoms with E-state index in [2.05, 4.69) is 20.7 Å². The maximum atomic E-state index is 12.2. The Hall–Kier alpha value is -0.970. The summed E-state index contributed by atoms with van der Waals surface area (Å²) in [6.45, 7) is 0.423. The predicted molar refractivity (Wildman–Crippen MR) is 64.8 cm³/mol. The number of alkyl halides is 3. The Labute approximate surface area is 107 Å². The molecule has 0 spiro atoms. The molecule has 0 aliphatic carbocycles. The summed E-state index contributed by atoms with van der Waals surface area (Å²) in [6.07, 6.45) is 0.593. The Morgan fingerprint density at radius 3 is 2.59 bits per heavy atom. The average Bonchev–Trinajstić information content (AvgIpc) is 2.27. The number of ether oxygens (including phenoxy) is 1. The lowest BCUT2D eigenvalue weighted by Gasteiger charge is -2.13. The number of hydrogen-bond donors (Lipinski definition) is 0. The van der Waals surface area contributed by atoms with Gasteiger partial charge in [-0.1, -0.05) is 35.0 Å². The molecule has 0 bridgehead atoms. The molecule has 2 nitrogen and oxygen atoms in total. The second-order valence-corrected chi connectivity index (χ2v) is 4.49. The zero-order valence-corrected chi connectivity index (χ0v) is 11.1. The first-order chi connectivity index (χ1) is 7.95. The van der Waals surface area contributed by atoms with Crippen molar-refractivity contribution in [3.63, 3.8) is 0 Å². The molecule has 94 valence electrons. The minimum absolute atomic E-state index is 0.0859. The zero-order valence-electron chi connectivity index (χ0n) is 9.54. The van der Waals surface area contributed by atoms with Crippen molar-refractivity contribution in [3.8, 4) is 5.75 Å². The predicted octanol–water partition coefficient (Wildman–Crippen LogP) is 3.88. The zero-order chi connectivity index (χ0) is 13.0. The number of benzene rings is 1. The van der Waals surface area contributed by atoms with Gasteiger partial charge in [0.25, 0.3) is 0 Å². The molecule has 1 atom stereocenters. The van der Waals surface area contributed by atoms with E-state index >= 15 is 0 Å². The van der Waals surface area contributed by atoms with Gasteiger partial charge in [0.2, 0.25) is 0 Å². The fourth-order valence-electron chi connectivity index (χ4n) is 1.46. The lowest BCUT2D eigenvalue weighted by atomic mass is 10.0. The summed E-state index contributed by atoms with van der Waals surface area (Å²) in [7, 11) is 0. The standard InChI is InChI=1S/C12H13BrF2O2/c1-3-8-4-5-9(11(13)7(2)16)6-10(8)17-12(14)15/h4-6,11-12H,3H2,1-2H3. The van der Waals surface area contributed by atoms with Gasteiger partial charge in [0.05, 0.1) is 4.83 Å². The highest BCUT2D eigenvalue weighted by Crippen LogP contribution is 2.30. The van der Waals surface area contributed by atoms with E-state index in [1.807, 2.05) is 6.92 Å². The quantitative estimate of drug-likeness (QED) is 0.772. The summed E-state index contributed by atoms with van der Waals surface area (Å²) in [5.74, 6) is 0.0444. The van der Waals surface area contributed by atoms with E-state index in [-0.39, 0.29) is 11.5 Å². The molecule has 5 heteroatoms. The summed E-state index contributed by atoms with van der Waals surface area (Å²) < 4.78 is 28.9. The number of hydrogen-bond acceptors (Lipinski definition) is 2. The first kappa shape index (κ1) is 14.1. The Bertz CT molecular complexity index is 407. The molecule has 17 heavy (non-hydrogen) atoms. The summed E-state index contributed by atoms with van der Waals surface area (Å²) in [6, 6.07) is 4.91. The van der Waals surface area contributed by atoms with Crippen molar-refractivity contribution in [2.75, 3.05) is 0 Å². The van der Waals surface area contributed by atoms with Gasteiger partial charge in [0, 0.05) is 0 Å². The van der Waals surface area contributed by atoms with Crippen molar-refractivity contribution < 1.29 is 18.3 Å². The van der Waals surface area contributed by atoms with Gasteiger partial charge < -0.3 is 4.74 Å². The molecule has 0 aliphatic heterocycles. The van der Waals surface area contributed by atoms with Crippen LogP contribution in [0.3, 0.4) is 0 Å². The summed E-state index contributed by atoms with van der Waals surface area (Å²) in [5.41, 5.74) is 1.31. The Morgan fingerprint density at radius 1 is 1.47 bits per heavy atom. The van der Waals surface area contributed by atoms with Gasteiger partial charge in [-0.15, -0.1) is 0 Å². The van der Waals surface area contributed by atoms with Crippen LogP contribution in [0.5, 0.6) is 5.75 Å². The van der Waals surface area contributed by atoms with Crippen LogP contribution in [-0.4, -0.2) is 12.4 Å². The summed E-state index contributed by atoms with van der Waals surface area (Å²) in [5, 5.41) is 0. The van der Waals surface area contributed by atoms with Gasteiger partial charge in [0.1, 0.15) is 11.5 Å². The summed E-state index contributed by atoms with van der Waals surface area (Å²) >= 11 is 3.20. The molecule has 0 amide bonds.